The summed E-state index contributed by atoms with van der Waals surface area (Å²) in [5.74, 6) is 0. The van der Waals surface area contributed by atoms with Gasteiger partial charge in [-0.3, -0.25) is 0 Å². The Hall–Kier alpha value is -3.54. The Morgan fingerprint density at radius 2 is 1.00 bits per heavy atom. The maximum absolute atomic E-state index is 11.8. The molecule has 11 heteroatoms. The summed E-state index contributed by atoms with van der Waals surface area (Å²) < 4.78 is 97.5. The standard InChI is InChI=1S/C26H19S.C3H2F6O3S/c1-3-11-24(12-4-1)27(25-13-5-2-6-14-25)26-16-15-22-17-20-9-7-8-10-21(20)18-23(22)19-26;4-1(2(5,6)7)3(8,9)13(10,11)12/h1-19H;1H,(H,10,11,12)/q+1;/p-1. The fraction of sp³-hybridized carbons (Fsp3) is 0.103. The molecule has 0 heterocycles. The van der Waals surface area contributed by atoms with Crippen LogP contribution < -0.4 is 0 Å². The number of rotatable bonds is 5. The molecule has 0 spiro atoms. The van der Waals surface area contributed by atoms with Crippen LogP contribution in [0.5, 0.6) is 0 Å². The Balaban J connectivity index is 0.000000243. The van der Waals surface area contributed by atoms with Gasteiger partial charge in [-0.2, -0.15) is 22.0 Å². The molecule has 0 aliphatic heterocycles. The molecule has 0 fully saturated rings. The van der Waals surface area contributed by atoms with E-state index in [-0.39, 0.29) is 10.9 Å². The van der Waals surface area contributed by atoms with Gasteiger partial charge in [-0.05, 0) is 70.1 Å². The zero-order valence-corrected chi connectivity index (χ0v) is 22.0. The lowest BCUT2D eigenvalue weighted by molar-refractivity contribution is -0.223. The first-order chi connectivity index (χ1) is 18.8. The summed E-state index contributed by atoms with van der Waals surface area (Å²) in [6.07, 6.45) is -11.1. The van der Waals surface area contributed by atoms with Gasteiger partial charge in [0.1, 0.15) is 0 Å². The average Bonchev–Trinajstić information content (AvgIpc) is 2.92. The Kier molecular flexibility index (Phi) is 8.48. The molecule has 3 nitrogen and oxygen atoms in total. The van der Waals surface area contributed by atoms with E-state index in [9.17, 15) is 39.3 Å². The van der Waals surface area contributed by atoms with Gasteiger partial charge in [0.2, 0.25) is 0 Å². The van der Waals surface area contributed by atoms with Crippen LogP contribution in [-0.2, 0) is 21.0 Å². The zero-order chi connectivity index (χ0) is 29.1. The van der Waals surface area contributed by atoms with Crippen LogP contribution in [0, 0.1) is 0 Å². The van der Waals surface area contributed by atoms with Crippen LogP contribution in [0.15, 0.2) is 130 Å². The average molecular weight is 595 g/mol. The first-order valence-electron chi connectivity index (χ1n) is 11.6. The molecule has 0 aromatic heterocycles. The Labute approximate surface area is 229 Å². The zero-order valence-electron chi connectivity index (χ0n) is 20.4. The van der Waals surface area contributed by atoms with E-state index in [1.54, 1.807) is 0 Å². The van der Waals surface area contributed by atoms with Gasteiger partial charge in [-0.15, -0.1) is 0 Å². The minimum absolute atomic E-state index is 0.104. The molecular formula is C29H20F6O3S2. The number of alkyl halides is 6. The molecule has 0 aliphatic rings. The Bertz CT molecular complexity index is 1670. The van der Waals surface area contributed by atoms with Crippen molar-refractivity contribution in [3.8, 4) is 0 Å². The molecule has 40 heavy (non-hydrogen) atoms. The van der Waals surface area contributed by atoms with E-state index < -0.39 is 27.7 Å². The summed E-state index contributed by atoms with van der Waals surface area (Å²) >= 11 is 0. The molecule has 1 unspecified atom stereocenters. The molecule has 5 rings (SSSR count). The third kappa shape index (κ3) is 6.43. The van der Waals surface area contributed by atoms with E-state index in [0.717, 1.165) is 0 Å². The molecule has 0 N–H and O–H groups in total. The van der Waals surface area contributed by atoms with Crippen molar-refractivity contribution in [3.05, 3.63) is 115 Å². The SMILES string of the molecule is O=S(=O)([O-])C(F)(F)C(F)C(F)(F)F.c1ccc([S+](c2ccccc2)c2ccc3cc4ccccc4cc3c2)cc1. The molecule has 5 aromatic rings. The second-order valence-electron chi connectivity index (χ2n) is 8.56. The summed E-state index contributed by atoms with van der Waals surface area (Å²) in [4.78, 5) is 4.06. The highest BCUT2D eigenvalue weighted by atomic mass is 32.2. The van der Waals surface area contributed by atoms with Crippen LogP contribution in [0.4, 0.5) is 26.3 Å². The first kappa shape index (κ1) is 29.4. The fourth-order valence-corrected chi connectivity index (χ4v) is 6.39. The van der Waals surface area contributed by atoms with E-state index in [2.05, 4.69) is 115 Å². The van der Waals surface area contributed by atoms with Crippen LogP contribution >= 0.6 is 0 Å². The van der Waals surface area contributed by atoms with Gasteiger partial charge < -0.3 is 4.55 Å². The molecule has 0 radical (unpaired) electrons. The highest BCUT2D eigenvalue weighted by molar-refractivity contribution is 7.97. The van der Waals surface area contributed by atoms with Gasteiger partial charge in [-0.25, -0.2) is 12.8 Å². The monoisotopic (exact) mass is 594 g/mol. The van der Waals surface area contributed by atoms with E-state index >= 15 is 0 Å². The van der Waals surface area contributed by atoms with Crippen molar-refractivity contribution in [2.45, 2.75) is 32.3 Å². The molecule has 0 aliphatic carbocycles. The topological polar surface area (TPSA) is 57.2 Å². The molecule has 1 atom stereocenters. The van der Waals surface area contributed by atoms with Gasteiger partial charge in [0.25, 0.3) is 6.17 Å². The van der Waals surface area contributed by atoms with Gasteiger partial charge in [0, 0.05) is 6.07 Å². The van der Waals surface area contributed by atoms with Gasteiger partial charge >= 0.3 is 11.4 Å². The number of hydrogen-bond donors (Lipinski definition) is 0. The maximum atomic E-state index is 11.8. The lowest BCUT2D eigenvalue weighted by Crippen LogP contribution is -2.46. The Morgan fingerprint density at radius 3 is 1.43 bits per heavy atom. The van der Waals surface area contributed by atoms with Gasteiger partial charge in [0.15, 0.2) is 24.8 Å². The van der Waals surface area contributed by atoms with Crippen LogP contribution in [0.3, 0.4) is 0 Å². The summed E-state index contributed by atoms with van der Waals surface area (Å²) in [5, 5.41) is -0.812. The summed E-state index contributed by atoms with van der Waals surface area (Å²) in [5.41, 5.74) is 0. The number of hydrogen-bond acceptors (Lipinski definition) is 3. The van der Waals surface area contributed by atoms with E-state index in [0.29, 0.717) is 0 Å². The molecule has 208 valence electrons. The largest absolute Gasteiger partial charge is 0.743 e. The van der Waals surface area contributed by atoms with Crippen LogP contribution in [0.2, 0.25) is 0 Å². The molecule has 0 saturated carbocycles. The highest BCUT2D eigenvalue weighted by Gasteiger charge is 2.61. The van der Waals surface area contributed by atoms with Crippen molar-refractivity contribution in [1.29, 1.82) is 0 Å². The third-order valence-corrected chi connectivity index (χ3v) is 8.87. The van der Waals surface area contributed by atoms with Crippen molar-refractivity contribution < 1.29 is 39.3 Å². The lowest BCUT2D eigenvalue weighted by Gasteiger charge is -2.24. The van der Waals surface area contributed by atoms with Crippen molar-refractivity contribution in [3.63, 3.8) is 0 Å². The smallest absolute Gasteiger partial charge is 0.426 e. The van der Waals surface area contributed by atoms with Crippen LogP contribution in [-0.4, -0.2) is 30.6 Å². The quantitative estimate of drug-likeness (QED) is 0.0894. The Morgan fingerprint density at radius 1 is 0.575 bits per heavy atom. The van der Waals surface area contributed by atoms with Gasteiger partial charge in [-0.1, -0.05) is 60.7 Å². The molecule has 5 aromatic carbocycles. The molecular weight excluding hydrogens is 574 g/mol. The normalized spacial score (nSPS) is 13.2. The predicted octanol–water partition coefficient (Wildman–Crippen LogP) is 8.11. The molecule has 0 amide bonds. The summed E-state index contributed by atoms with van der Waals surface area (Å²) in [6, 6.07) is 41.8. The second kappa shape index (κ2) is 11.5. The predicted molar refractivity (Wildman–Crippen MR) is 142 cm³/mol. The lowest BCUT2D eigenvalue weighted by atomic mass is 10.0. The van der Waals surface area contributed by atoms with E-state index in [1.807, 2.05) is 0 Å². The van der Waals surface area contributed by atoms with Gasteiger partial charge in [0.05, 0.1) is 10.9 Å². The van der Waals surface area contributed by atoms with Crippen molar-refractivity contribution in [1.82, 2.24) is 0 Å². The second-order valence-corrected chi connectivity index (χ2v) is 12.0. The molecule has 0 bridgehead atoms. The minimum atomic E-state index is -6.66. The van der Waals surface area contributed by atoms with Crippen molar-refractivity contribution >= 4 is 42.6 Å². The molecule has 0 saturated heterocycles. The van der Waals surface area contributed by atoms with Crippen LogP contribution in [0.1, 0.15) is 0 Å². The summed E-state index contributed by atoms with van der Waals surface area (Å²) in [6.45, 7) is 0. The van der Waals surface area contributed by atoms with Crippen molar-refractivity contribution in [2.24, 2.45) is 0 Å². The number of benzene rings is 5. The van der Waals surface area contributed by atoms with Crippen molar-refractivity contribution in [2.75, 3.05) is 0 Å². The summed E-state index contributed by atoms with van der Waals surface area (Å²) in [7, 11) is -6.77. The van der Waals surface area contributed by atoms with E-state index in [1.165, 1.54) is 36.2 Å². The highest BCUT2D eigenvalue weighted by Crippen LogP contribution is 2.38. The van der Waals surface area contributed by atoms with Crippen LogP contribution in [0.25, 0.3) is 21.5 Å². The number of fused-ring (bicyclic) bond motifs is 2. The maximum Gasteiger partial charge on any atom is 0.426 e. The number of halogens is 6. The minimum Gasteiger partial charge on any atom is -0.743 e. The fourth-order valence-electron chi connectivity index (χ4n) is 3.88. The third-order valence-electron chi connectivity index (χ3n) is 5.79. The first-order valence-corrected chi connectivity index (χ1v) is 14.2. The van der Waals surface area contributed by atoms with E-state index in [4.69, 9.17) is 0 Å².